The third-order valence-corrected chi connectivity index (χ3v) is 15.0. The zero-order valence-electron chi connectivity index (χ0n) is 28.4. The molecule has 5 aliphatic rings. The van der Waals surface area contributed by atoms with Crippen LogP contribution in [0.15, 0.2) is 35.9 Å². The molecule has 0 aromatic heterocycles. The molecule has 0 aliphatic heterocycles. The number of hydrogen-bond donors (Lipinski definition) is 1. The lowest BCUT2D eigenvalue weighted by molar-refractivity contribution is -0.212. The van der Waals surface area contributed by atoms with E-state index >= 15 is 0 Å². The van der Waals surface area contributed by atoms with Crippen molar-refractivity contribution >= 4 is 17.6 Å². The molecule has 10 atom stereocenters. The molecule has 5 aliphatic carbocycles. The summed E-state index contributed by atoms with van der Waals surface area (Å²) in [5.74, 6) is 2.62. The van der Waals surface area contributed by atoms with E-state index in [2.05, 4.69) is 91.0 Å². The molecule has 4 heteroatoms. The number of benzene rings is 1. The lowest BCUT2D eigenvalue weighted by Gasteiger charge is -2.71. The molecule has 1 N–H and O–H groups in total. The maximum atomic E-state index is 14.4. The normalized spacial score (nSPS) is 44.9. The molecule has 6 rings (SSSR count). The number of allylic oxidation sites excluding steroid dienone is 2. The highest BCUT2D eigenvalue weighted by Crippen LogP contribution is 2.76. The Bertz CT molecular complexity index is 1310. The van der Waals surface area contributed by atoms with E-state index in [-0.39, 0.29) is 45.1 Å². The van der Waals surface area contributed by atoms with Crippen LogP contribution in [0.25, 0.3) is 0 Å². The average Bonchev–Trinajstić information content (AvgIpc) is 2.93. The lowest BCUT2D eigenvalue weighted by atomic mass is 9.33. The summed E-state index contributed by atoms with van der Waals surface area (Å²) in [6.07, 6.45) is 12.4. The Labute approximate surface area is 261 Å². The molecule has 1 amide bonds. The summed E-state index contributed by atoms with van der Waals surface area (Å²) in [6, 6.07) is 8.31. The van der Waals surface area contributed by atoms with Crippen LogP contribution in [0.1, 0.15) is 119 Å². The standard InChI is InChI=1S/C39H57NO3/c1-24-10-12-28(13-11-24)40-34(42)39-21-16-25(2)26(3)33(39)29-14-15-31-36(7)19-18-32(43-27(4)41)35(5,6)30(36)17-20-38(31,9)37(29,8)22-23-39/h10-14,25-26,30-33H,15-23H2,1-9H3,(H,40,42)/t25-,26+,30+,31-,32+,33+,36+,37-,38-,39+/m1/s1. The second-order valence-corrected chi connectivity index (χ2v) is 17.1. The van der Waals surface area contributed by atoms with Crippen LogP contribution in [-0.4, -0.2) is 18.0 Å². The van der Waals surface area contributed by atoms with Gasteiger partial charge in [0.15, 0.2) is 0 Å². The van der Waals surface area contributed by atoms with Crippen molar-refractivity contribution in [3.8, 4) is 0 Å². The summed E-state index contributed by atoms with van der Waals surface area (Å²) in [5.41, 5.74) is 3.86. The van der Waals surface area contributed by atoms with E-state index in [0.717, 1.165) is 50.6 Å². The number of carbonyl (C=O) groups is 2. The van der Waals surface area contributed by atoms with Gasteiger partial charge in [-0.15, -0.1) is 0 Å². The van der Waals surface area contributed by atoms with Gasteiger partial charge in [0.05, 0.1) is 5.41 Å². The van der Waals surface area contributed by atoms with Gasteiger partial charge in [0.25, 0.3) is 0 Å². The molecule has 1 aromatic carbocycles. The minimum Gasteiger partial charge on any atom is -0.462 e. The van der Waals surface area contributed by atoms with Crippen LogP contribution in [0.5, 0.6) is 0 Å². The summed E-state index contributed by atoms with van der Waals surface area (Å²) in [5, 5.41) is 3.41. The fraction of sp³-hybridized carbons (Fsp3) is 0.744. The maximum Gasteiger partial charge on any atom is 0.302 e. The molecule has 43 heavy (non-hydrogen) atoms. The number of hydrogen-bond acceptors (Lipinski definition) is 3. The van der Waals surface area contributed by atoms with E-state index < -0.39 is 0 Å². The largest absolute Gasteiger partial charge is 0.462 e. The summed E-state index contributed by atoms with van der Waals surface area (Å²) in [6.45, 7) is 21.1. The van der Waals surface area contributed by atoms with Gasteiger partial charge in [-0.25, -0.2) is 0 Å². The Hall–Kier alpha value is -2.10. The maximum absolute atomic E-state index is 14.4. The number of amides is 1. The van der Waals surface area contributed by atoms with Crippen LogP contribution >= 0.6 is 0 Å². The topological polar surface area (TPSA) is 55.4 Å². The molecule has 4 nitrogen and oxygen atoms in total. The van der Waals surface area contributed by atoms with E-state index in [9.17, 15) is 9.59 Å². The van der Waals surface area contributed by atoms with E-state index in [4.69, 9.17) is 4.74 Å². The first-order valence-electron chi connectivity index (χ1n) is 17.4. The summed E-state index contributed by atoms with van der Waals surface area (Å²) < 4.78 is 5.94. The molecule has 1 aromatic rings. The molecular formula is C39H57NO3. The van der Waals surface area contributed by atoms with Crippen molar-refractivity contribution in [2.45, 2.75) is 126 Å². The quantitative estimate of drug-likeness (QED) is 0.283. The molecule has 0 unspecified atom stereocenters. The Balaban J connectivity index is 1.37. The summed E-state index contributed by atoms with van der Waals surface area (Å²) >= 11 is 0. The number of esters is 1. The van der Waals surface area contributed by atoms with Gasteiger partial charge in [0, 0.05) is 18.0 Å². The zero-order valence-corrected chi connectivity index (χ0v) is 28.4. The third-order valence-electron chi connectivity index (χ3n) is 15.0. The first kappa shape index (κ1) is 30.9. The Morgan fingerprint density at radius 2 is 1.56 bits per heavy atom. The summed E-state index contributed by atoms with van der Waals surface area (Å²) in [7, 11) is 0. The van der Waals surface area contributed by atoms with Crippen molar-refractivity contribution in [1.82, 2.24) is 0 Å². The van der Waals surface area contributed by atoms with Crippen LogP contribution in [0.3, 0.4) is 0 Å². The van der Waals surface area contributed by atoms with Gasteiger partial charge < -0.3 is 10.1 Å². The second-order valence-electron chi connectivity index (χ2n) is 17.1. The van der Waals surface area contributed by atoms with Crippen LogP contribution in [0, 0.1) is 63.6 Å². The minimum absolute atomic E-state index is 0.00428. The highest BCUT2D eigenvalue weighted by Gasteiger charge is 2.69. The van der Waals surface area contributed by atoms with E-state index in [0.29, 0.717) is 29.6 Å². The van der Waals surface area contributed by atoms with Gasteiger partial charge in [-0.1, -0.05) is 77.8 Å². The van der Waals surface area contributed by atoms with E-state index in [1.54, 1.807) is 12.5 Å². The smallest absolute Gasteiger partial charge is 0.302 e. The molecule has 236 valence electrons. The predicted molar refractivity (Wildman–Crippen MR) is 174 cm³/mol. The molecule has 0 saturated heterocycles. The van der Waals surface area contributed by atoms with Crippen molar-refractivity contribution in [3.63, 3.8) is 0 Å². The zero-order chi connectivity index (χ0) is 31.2. The van der Waals surface area contributed by atoms with Crippen molar-refractivity contribution in [1.29, 1.82) is 0 Å². The van der Waals surface area contributed by atoms with Crippen molar-refractivity contribution in [3.05, 3.63) is 41.5 Å². The van der Waals surface area contributed by atoms with E-state index in [1.807, 2.05) is 0 Å². The van der Waals surface area contributed by atoms with Crippen LogP contribution in [0.4, 0.5) is 5.69 Å². The SMILES string of the molecule is CC(=O)O[C@H]1CC[C@]2(C)[C@H]3CC=C4[C@@H]5[C@@H](C)[C@H](C)CC[C@]5(C(=O)Nc5ccc(C)cc5)CC[C@@]4(C)[C@]3(C)CC[C@H]2C1(C)C. The van der Waals surface area contributed by atoms with Crippen molar-refractivity contribution in [2.24, 2.45) is 56.7 Å². The summed E-state index contributed by atoms with van der Waals surface area (Å²) in [4.78, 5) is 26.5. The highest BCUT2D eigenvalue weighted by molar-refractivity contribution is 5.96. The number of rotatable bonds is 3. The third kappa shape index (κ3) is 4.34. The Kier molecular flexibility index (Phi) is 7.34. The monoisotopic (exact) mass is 587 g/mol. The van der Waals surface area contributed by atoms with Crippen LogP contribution in [-0.2, 0) is 14.3 Å². The van der Waals surface area contributed by atoms with Crippen LogP contribution in [0.2, 0.25) is 0 Å². The van der Waals surface area contributed by atoms with Gasteiger partial charge >= 0.3 is 5.97 Å². The molecule has 0 heterocycles. The highest BCUT2D eigenvalue weighted by atomic mass is 16.5. The number of anilines is 1. The van der Waals surface area contributed by atoms with Gasteiger partial charge in [0.2, 0.25) is 5.91 Å². The minimum atomic E-state index is -0.337. The molecule has 4 fully saturated rings. The number of nitrogens with one attached hydrogen (secondary N) is 1. The first-order chi connectivity index (χ1) is 20.1. The number of aryl methyl sites for hydroxylation is 1. The average molecular weight is 588 g/mol. The van der Waals surface area contributed by atoms with Crippen molar-refractivity contribution in [2.75, 3.05) is 5.32 Å². The number of carbonyl (C=O) groups excluding carboxylic acids is 2. The van der Waals surface area contributed by atoms with Crippen molar-refractivity contribution < 1.29 is 14.3 Å². The van der Waals surface area contributed by atoms with Crippen LogP contribution < -0.4 is 5.32 Å². The second kappa shape index (κ2) is 10.2. The molecule has 0 radical (unpaired) electrons. The molecule has 4 saturated carbocycles. The lowest BCUT2D eigenvalue weighted by Crippen LogP contribution is -2.65. The fourth-order valence-corrected chi connectivity index (χ4v) is 12.2. The van der Waals surface area contributed by atoms with Gasteiger partial charge in [-0.2, -0.15) is 0 Å². The number of fused-ring (bicyclic) bond motifs is 7. The molecule has 0 bridgehead atoms. The number of ether oxygens (including phenoxy) is 1. The predicted octanol–water partition coefficient (Wildman–Crippen LogP) is 9.52. The first-order valence-corrected chi connectivity index (χ1v) is 17.4. The van der Waals surface area contributed by atoms with Gasteiger partial charge in [0.1, 0.15) is 6.10 Å². The van der Waals surface area contributed by atoms with Gasteiger partial charge in [-0.3, -0.25) is 9.59 Å². The fourth-order valence-electron chi connectivity index (χ4n) is 12.2. The Morgan fingerprint density at radius 1 is 0.860 bits per heavy atom. The molecular weight excluding hydrogens is 530 g/mol. The molecule has 0 spiro atoms. The van der Waals surface area contributed by atoms with E-state index in [1.165, 1.54) is 18.4 Å². The Morgan fingerprint density at radius 3 is 2.23 bits per heavy atom. The van der Waals surface area contributed by atoms with Gasteiger partial charge in [-0.05, 0) is 123 Å².